The fourth-order valence-electron chi connectivity index (χ4n) is 1.85. The minimum Gasteiger partial charge on any atom is -0.508 e. The van der Waals surface area contributed by atoms with Crippen molar-refractivity contribution in [3.05, 3.63) is 23.3 Å². The van der Waals surface area contributed by atoms with Crippen LogP contribution in [0.5, 0.6) is 11.5 Å². The summed E-state index contributed by atoms with van der Waals surface area (Å²) in [5, 5.41) is 19.3. The monoisotopic (exact) mass is 209 g/mol. The van der Waals surface area contributed by atoms with E-state index in [-0.39, 0.29) is 23.5 Å². The summed E-state index contributed by atoms with van der Waals surface area (Å²) < 4.78 is 0. The average Bonchev–Trinajstić information content (AvgIpc) is 2.09. The van der Waals surface area contributed by atoms with Crippen LogP contribution in [0.1, 0.15) is 37.3 Å². The Hall–Kier alpha value is -1.22. The lowest BCUT2D eigenvalue weighted by atomic mass is 9.92. The molecule has 2 atom stereocenters. The number of hydrogen-bond donors (Lipinski definition) is 3. The van der Waals surface area contributed by atoms with Crippen LogP contribution in [-0.2, 0) is 0 Å². The van der Waals surface area contributed by atoms with Crippen molar-refractivity contribution in [2.24, 2.45) is 5.73 Å². The van der Waals surface area contributed by atoms with E-state index in [4.69, 9.17) is 5.73 Å². The van der Waals surface area contributed by atoms with Crippen LogP contribution in [-0.4, -0.2) is 16.3 Å². The molecule has 1 aromatic carbocycles. The minimum atomic E-state index is 0.0852. The maximum absolute atomic E-state index is 9.85. The molecule has 84 valence electrons. The van der Waals surface area contributed by atoms with Crippen LogP contribution in [0.3, 0.4) is 0 Å². The molecule has 0 fully saturated rings. The van der Waals surface area contributed by atoms with Gasteiger partial charge in [-0.05, 0) is 43.9 Å². The largest absolute Gasteiger partial charge is 0.508 e. The van der Waals surface area contributed by atoms with Gasteiger partial charge in [-0.2, -0.15) is 0 Å². The summed E-state index contributed by atoms with van der Waals surface area (Å²) >= 11 is 0. The highest BCUT2D eigenvalue weighted by atomic mass is 16.3. The quantitative estimate of drug-likeness (QED) is 0.669. The zero-order valence-electron chi connectivity index (χ0n) is 9.49. The molecule has 0 heterocycles. The molecule has 0 amide bonds. The molecule has 0 saturated heterocycles. The number of benzene rings is 1. The molecule has 0 aliphatic rings. The standard InChI is InChI=1S/C12H19NO2/c1-7(4-9(3)13)11-6-10(14)5-8(2)12(11)15/h5-7,9,14-15H,4,13H2,1-3H3. The second kappa shape index (κ2) is 4.53. The Labute approximate surface area is 90.5 Å². The summed E-state index contributed by atoms with van der Waals surface area (Å²) in [5.74, 6) is 0.605. The fraction of sp³-hybridized carbons (Fsp3) is 0.500. The van der Waals surface area contributed by atoms with E-state index >= 15 is 0 Å². The molecule has 2 unspecified atom stereocenters. The summed E-state index contributed by atoms with van der Waals surface area (Å²) in [7, 11) is 0. The minimum absolute atomic E-state index is 0.0852. The van der Waals surface area contributed by atoms with Crippen molar-refractivity contribution in [1.82, 2.24) is 0 Å². The molecular weight excluding hydrogens is 190 g/mol. The van der Waals surface area contributed by atoms with E-state index < -0.39 is 0 Å². The number of hydrogen-bond acceptors (Lipinski definition) is 3. The van der Waals surface area contributed by atoms with Gasteiger partial charge in [0.05, 0.1) is 0 Å². The predicted molar refractivity (Wildman–Crippen MR) is 61.2 cm³/mol. The van der Waals surface area contributed by atoms with Gasteiger partial charge in [-0.25, -0.2) is 0 Å². The highest BCUT2D eigenvalue weighted by Gasteiger charge is 2.14. The van der Waals surface area contributed by atoms with Crippen molar-refractivity contribution in [3.63, 3.8) is 0 Å². The van der Waals surface area contributed by atoms with Crippen LogP contribution < -0.4 is 5.73 Å². The molecule has 0 radical (unpaired) electrons. The van der Waals surface area contributed by atoms with Gasteiger partial charge in [0, 0.05) is 11.6 Å². The third kappa shape index (κ3) is 2.86. The van der Waals surface area contributed by atoms with Gasteiger partial charge in [-0.1, -0.05) is 6.92 Å². The van der Waals surface area contributed by atoms with Gasteiger partial charge in [0.2, 0.25) is 0 Å². The second-order valence-corrected chi connectivity index (χ2v) is 4.31. The molecule has 4 N–H and O–H groups in total. The molecule has 0 aliphatic carbocycles. The molecule has 1 aromatic rings. The summed E-state index contributed by atoms with van der Waals surface area (Å²) in [6.45, 7) is 5.71. The van der Waals surface area contributed by atoms with Crippen LogP contribution in [0.15, 0.2) is 12.1 Å². The molecule has 0 saturated carbocycles. The third-order valence-corrected chi connectivity index (χ3v) is 2.57. The van der Waals surface area contributed by atoms with E-state index in [0.717, 1.165) is 12.0 Å². The predicted octanol–water partition coefficient (Wildman–Crippen LogP) is 2.25. The lowest BCUT2D eigenvalue weighted by molar-refractivity contribution is 0.441. The molecule has 0 aliphatic heterocycles. The van der Waals surface area contributed by atoms with Gasteiger partial charge < -0.3 is 15.9 Å². The van der Waals surface area contributed by atoms with Gasteiger partial charge in [0.15, 0.2) is 0 Å². The summed E-state index contributed by atoms with van der Waals surface area (Å²) in [6.07, 6.45) is 0.788. The number of aryl methyl sites for hydroxylation is 1. The highest BCUT2D eigenvalue weighted by Crippen LogP contribution is 2.34. The number of rotatable bonds is 3. The Morgan fingerprint density at radius 3 is 2.40 bits per heavy atom. The average molecular weight is 209 g/mol. The van der Waals surface area contributed by atoms with Crippen molar-refractivity contribution in [2.45, 2.75) is 39.2 Å². The molecule has 15 heavy (non-hydrogen) atoms. The maximum Gasteiger partial charge on any atom is 0.122 e. The smallest absolute Gasteiger partial charge is 0.122 e. The Bertz CT molecular complexity index is 348. The molecule has 3 nitrogen and oxygen atoms in total. The van der Waals surface area contributed by atoms with Gasteiger partial charge in [-0.15, -0.1) is 0 Å². The van der Waals surface area contributed by atoms with E-state index in [1.807, 2.05) is 13.8 Å². The first-order valence-corrected chi connectivity index (χ1v) is 5.20. The normalized spacial score (nSPS) is 14.9. The van der Waals surface area contributed by atoms with Gasteiger partial charge in [0.1, 0.15) is 11.5 Å². The van der Waals surface area contributed by atoms with E-state index in [1.54, 1.807) is 19.1 Å². The number of phenols is 2. The maximum atomic E-state index is 9.85. The van der Waals surface area contributed by atoms with Crippen LogP contribution in [0.4, 0.5) is 0 Å². The van der Waals surface area contributed by atoms with Crippen LogP contribution in [0.25, 0.3) is 0 Å². The Balaban J connectivity index is 3.02. The lowest BCUT2D eigenvalue weighted by Crippen LogP contribution is -2.17. The van der Waals surface area contributed by atoms with Crippen molar-refractivity contribution in [2.75, 3.05) is 0 Å². The topological polar surface area (TPSA) is 66.5 Å². The Morgan fingerprint density at radius 2 is 1.87 bits per heavy atom. The first-order valence-electron chi connectivity index (χ1n) is 5.20. The molecule has 3 heteroatoms. The summed E-state index contributed by atoms with van der Waals surface area (Å²) in [5.41, 5.74) is 7.18. The van der Waals surface area contributed by atoms with Crippen LogP contribution in [0.2, 0.25) is 0 Å². The second-order valence-electron chi connectivity index (χ2n) is 4.31. The number of phenolic OH excluding ortho intramolecular Hbond substituents is 2. The highest BCUT2D eigenvalue weighted by molar-refractivity contribution is 5.46. The van der Waals surface area contributed by atoms with Crippen molar-refractivity contribution >= 4 is 0 Å². The van der Waals surface area contributed by atoms with E-state index in [9.17, 15) is 10.2 Å². The van der Waals surface area contributed by atoms with Crippen molar-refractivity contribution in [3.8, 4) is 11.5 Å². The van der Waals surface area contributed by atoms with E-state index in [2.05, 4.69) is 0 Å². The number of aromatic hydroxyl groups is 2. The number of nitrogens with two attached hydrogens (primary N) is 1. The molecule has 0 spiro atoms. The first kappa shape index (κ1) is 11.9. The first-order chi connectivity index (χ1) is 6.91. The third-order valence-electron chi connectivity index (χ3n) is 2.57. The van der Waals surface area contributed by atoms with Gasteiger partial charge in [-0.3, -0.25) is 0 Å². The van der Waals surface area contributed by atoms with E-state index in [1.165, 1.54) is 0 Å². The van der Waals surface area contributed by atoms with Crippen LogP contribution in [0, 0.1) is 6.92 Å². The zero-order chi connectivity index (χ0) is 11.6. The Morgan fingerprint density at radius 1 is 1.27 bits per heavy atom. The van der Waals surface area contributed by atoms with Crippen molar-refractivity contribution in [1.29, 1.82) is 0 Å². The molecule has 1 rings (SSSR count). The molecule has 0 aromatic heterocycles. The molecular formula is C12H19NO2. The van der Waals surface area contributed by atoms with Gasteiger partial charge in [0.25, 0.3) is 0 Å². The zero-order valence-corrected chi connectivity index (χ0v) is 9.49. The molecule has 0 bridgehead atoms. The van der Waals surface area contributed by atoms with Crippen molar-refractivity contribution < 1.29 is 10.2 Å². The SMILES string of the molecule is Cc1cc(O)cc(C(C)CC(C)N)c1O. The fourth-order valence-corrected chi connectivity index (χ4v) is 1.85. The summed E-state index contributed by atoms with van der Waals surface area (Å²) in [4.78, 5) is 0. The Kier molecular flexibility index (Phi) is 3.58. The summed E-state index contributed by atoms with van der Waals surface area (Å²) in [6, 6.07) is 3.24. The van der Waals surface area contributed by atoms with Gasteiger partial charge >= 0.3 is 0 Å². The van der Waals surface area contributed by atoms with E-state index in [0.29, 0.717) is 5.56 Å². The van der Waals surface area contributed by atoms with Crippen LogP contribution >= 0.6 is 0 Å². The lowest BCUT2D eigenvalue weighted by Gasteiger charge is -2.17.